The number of hydrogen-bond donors (Lipinski definition) is 2. The molecule has 7 heteroatoms. The minimum absolute atomic E-state index is 0. The van der Waals surface area contributed by atoms with Gasteiger partial charge < -0.3 is 15.4 Å². The summed E-state index contributed by atoms with van der Waals surface area (Å²) in [5.41, 5.74) is 3.27. The van der Waals surface area contributed by atoms with E-state index in [0.717, 1.165) is 25.6 Å². The van der Waals surface area contributed by atoms with Crippen LogP contribution in [-0.4, -0.2) is 49.7 Å². The average molecular weight is 540 g/mol. The lowest BCUT2D eigenvalue weighted by atomic mass is 10.1. The Hall–Kier alpha value is -1.71. The molecule has 5 nitrogen and oxygen atoms in total. The second-order valence-electron chi connectivity index (χ2n) is 7.91. The molecular weight excluding hydrogens is 506 g/mol. The highest BCUT2D eigenvalue weighted by atomic mass is 127. The van der Waals surface area contributed by atoms with E-state index in [2.05, 4.69) is 58.6 Å². The zero-order valence-corrected chi connectivity index (χ0v) is 20.9. The maximum absolute atomic E-state index is 13.8. The predicted octanol–water partition coefficient (Wildman–Crippen LogP) is 3.96. The Kier molecular flexibility index (Phi) is 10.7. The predicted molar refractivity (Wildman–Crippen MR) is 135 cm³/mol. The van der Waals surface area contributed by atoms with Crippen molar-refractivity contribution in [3.05, 3.63) is 71.0 Å². The van der Waals surface area contributed by atoms with E-state index >= 15 is 0 Å². The maximum Gasteiger partial charge on any atom is 0.191 e. The molecule has 0 aromatic heterocycles. The number of aliphatic imine (C=N–C) groups is 1. The van der Waals surface area contributed by atoms with Crippen molar-refractivity contribution in [1.82, 2.24) is 15.5 Å². The SMILES string of the molecule is CN=C(NCCc1ccccc1F)NCc1ccccc1CN1CC(C)OC(C)C1.I. The maximum atomic E-state index is 13.8. The first-order valence-corrected chi connectivity index (χ1v) is 10.7. The molecule has 0 amide bonds. The van der Waals surface area contributed by atoms with Crippen LogP contribution in [0.1, 0.15) is 30.5 Å². The van der Waals surface area contributed by atoms with Gasteiger partial charge in [-0.15, -0.1) is 24.0 Å². The molecule has 0 saturated carbocycles. The molecule has 3 rings (SSSR count). The highest BCUT2D eigenvalue weighted by molar-refractivity contribution is 14.0. The summed E-state index contributed by atoms with van der Waals surface area (Å²) >= 11 is 0. The summed E-state index contributed by atoms with van der Waals surface area (Å²) in [6.07, 6.45) is 1.13. The van der Waals surface area contributed by atoms with Crippen molar-refractivity contribution >= 4 is 29.9 Å². The fourth-order valence-corrected chi connectivity index (χ4v) is 3.95. The van der Waals surface area contributed by atoms with Gasteiger partial charge in [0, 0.05) is 39.8 Å². The summed E-state index contributed by atoms with van der Waals surface area (Å²) in [6, 6.07) is 15.4. The van der Waals surface area contributed by atoms with Gasteiger partial charge in [-0.2, -0.15) is 0 Å². The van der Waals surface area contributed by atoms with Gasteiger partial charge in [0.05, 0.1) is 12.2 Å². The van der Waals surface area contributed by atoms with Gasteiger partial charge in [0.25, 0.3) is 0 Å². The molecule has 0 aliphatic carbocycles. The van der Waals surface area contributed by atoms with Crippen molar-refractivity contribution in [3.63, 3.8) is 0 Å². The van der Waals surface area contributed by atoms with Crippen LogP contribution in [0.2, 0.25) is 0 Å². The van der Waals surface area contributed by atoms with Gasteiger partial charge in [-0.05, 0) is 43.0 Å². The van der Waals surface area contributed by atoms with Crippen LogP contribution in [0, 0.1) is 5.82 Å². The van der Waals surface area contributed by atoms with E-state index in [1.807, 2.05) is 12.1 Å². The minimum Gasteiger partial charge on any atom is -0.373 e. The lowest BCUT2D eigenvalue weighted by molar-refractivity contribution is -0.0705. The number of ether oxygens (including phenoxy) is 1. The van der Waals surface area contributed by atoms with E-state index in [9.17, 15) is 4.39 Å². The Morgan fingerprint density at radius 1 is 1.00 bits per heavy atom. The summed E-state index contributed by atoms with van der Waals surface area (Å²) in [6.45, 7) is 8.38. The number of hydrogen-bond acceptors (Lipinski definition) is 3. The second-order valence-corrected chi connectivity index (χ2v) is 7.91. The van der Waals surface area contributed by atoms with E-state index in [1.165, 1.54) is 17.2 Å². The van der Waals surface area contributed by atoms with Gasteiger partial charge in [0.2, 0.25) is 0 Å². The lowest BCUT2D eigenvalue weighted by Gasteiger charge is -2.35. The molecule has 1 saturated heterocycles. The van der Waals surface area contributed by atoms with Crippen LogP contribution in [0.4, 0.5) is 4.39 Å². The fraction of sp³-hybridized carbons (Fsp3) is 0.458. The first-order valence-electron chi connectivity index (χ1n) is 10.7. The van der Waals surface area contributed by atoms with Crippen LogP contribution in [0.25, 0.3) is 0 Å². The third kappa shape index (κ3) is 8.05. The highest BCUT2D eigenvalue weighted by Crippen LogP contribution is 2.17. The molecule has 1 heterocycles. The molecule has 170 valence electrons. The first-order chi connectivity index (χ1) is 14.5. The van der Waals surface area contributed by atoms with E-state index in [1.54, 1.807) is 13.1 Å². The van der Waals surface area contributed by atoms with Crippen LogP contribution in [-0.2, 0) is 24.2 Å². The Morgan fingerprint density at radius 2 is 1.61 bits per heavy atom. The van der Waals surface area contributed by atoms with E-state index < -0.39 is 0 Å². The molecule has 0 radical (unpaired) electrons. The Bertz CT molecular complexity index is 838. The van der Waals surface area contributed by atoms with Crippen LogP contribution >= 0.6 is 24.0 Å². The zero-order chi connectivity index (χ0) is 21.3. The van der Waals surface area contributed by atoms with Crippen molar-refractivity contribution in [2.24, 2.45) is 4.99 Å². The van der Waals surface area contributed by atoms with E-state index in [0.29, 0.717) is 25.1 Å². The summed E-state index contributed by atoms with van der Waals surface area (Å²) < 4.78 is 19.6. The molecule has 1 aliphatic rings. The second kappa shape index (κ2) is 13.0. The van der Waals surface area contributed by atoms with Crippen LogP contribution in [0.3, 0.4) is 0 Å². The lowest BCUT2D eigenvalue weighted by Crippen LogP contribution is -2.45. The van der Waals surface area contributed by atoms with Gasteiger partial charge in [-0.1, -0.05) is 42.5 Å². The number of nitrogens with one attached hydrogen (secondary N) is 2. The summed E-state index contributed by atoms with van der Waals surface area (Å²) in [5.74, 6) is 0.553. The summed E-state index contributed by atoms with van der Waals surface area (Å²) in [4.78, 5) is 6.75. The van der Waals surface area contributed by atoms with E-state index in [-0.39, 0.29) is 42.0 Å². The molecular formula is C24H34FIN4O. The van der Waals surface area contributed by atoms with Crippen molar-refractivity contribution in [2.75, 3.05) is 26.7 Å². The zero-order valence-electron chi connectivity index (χ0n) is 18.6. The number of guanidine groups is 1. The first kappa shape index (κ1) is 25.5. The molecule has 2 unspecified atom stereocenters. The van der Waals surface area contributed by atoms with Crippen LogP contribution in [0.5, 0.6) is 0 Å². The quantitative estimate of drug-likeness (QED) is 0.317. The molecule has 1 fully saturated rings. The Balaban J connectivity index is 0.00000341. The van der Waals surface area contributed by atoms with Crippen molar-refractivity contribution < 1.29 is 9.13 Å². The topological polar surface area (TPSA) is 48.9 Å². The van der Waals surface area contributed by atoms with Gasteiger partial charge in [0.1, 0.15) is 5.82 Å². The molecule has 31 heavy (non-hydrogen) atoms. The molecule has 0 bridgehead atoms. The molecule has 2 N–H and O–H groups in total. The van der Waals surface area contributed by atoms with Gasteiger partial charge in [-0.25, -0.2) is 4.39 Å². The van der Waals surface area contributed by atoms with Crippen molar-refractivity contribution in [2.45, 2.75) is 45.6 Å². The largest absolute Gasteiger partial charge is 0.373 e. The molecule has 2 aromatic rings. The minimum atomic E-state index is -0.164. The number of halogens is 2. The smallest absolute Gasteiger partial charge is 0.191 e. The summed E-state index contributed by atoms with van der Waals surface area (Å²) in [7, 11) is 1.75. The third-order valence-corrected chi connectivity index (χ3v) is 5.32. The van der Waals surface area contributed by atoms with Crippen molar-refractivity contribution in [1.29, 1.82) is 0 Å². The third-order valence-electron chi connectivity index (χ3n) is 5.32. The molecule has 1 aliphatic heterocycles. The van der Waals surface area contributed by atoms with Gasteiger partial charge in [0.15, 0.2) is 5.96 Å². The average Bonchev–Trinajstić information content (AvgIpc) is 2.72. The van der Waals surface area contributed by atoms with Crippen LogP contribution < -0.4 is 10.6 Å². The monoisotopic (exact) mass is 540 g/mol. The van der Waals surface area contributed by atoms with Gasteiger partial charge >= 0.3 is 0 Å². The summed E-state index contributed by atoms with van der Waals surface area (Å²) in [5, 5.41) is 6.66. The number of rotatable bonds is 7. The van der Waals surface area contributed by atoms with Crippen molar-refractivity contribution in [3.8, 4) is 0 Å². The number of morpholine rings is 1. The molecule has 0 spiro atoms. The Morgan fingerprint density at radius 3 is 2.26 bits per heavy atom. The molecule has 2 aromatic carbocycles. The van der Waals surface area contributed by atoms with Gasteiger partial charge in [-0.3, -0.25) is 9.89 Å². The van der Waals surface area contributed by atoms with E-state index in [4.69, 9.17) is 4.74 Å². The van der Waals surface area contributed by atoms with Crippen LogP contribution in [0.15, 0.2) is 53.5 Å². The standard InChI is InChI=1S/C24H33FN4O.HI/c1-18-15-29(16-19(2)30-18)17-22-10-5-4-9-21(22)14-28-24(26-3)27-13-12-20-8-6-7-11-23(20)25;/h4-11,18-19H,12-17H2,1-3H3,(H2,26,27,28);1H. The Labute approximate surface area is 202 Å². The fourth-order valence-electron chi connectivity index (χ4n) is 3.95. The number of benzene rings is 2. The highest BCUT2D eigenvalue weighted by Gasteiger charge is 2.22. The molecule has 2 atom stereocenters. The normalized spacial score (nSPS) is 19.5. The number of nitrogens with zero attached hydrogens (tertiary/aromatic N) is 2.